The van der Waals surface area contributed by atoms with Gasteiger partial charge in [-0.2, -0.15) is 13.2 Å². The van der Waals surface area contributed by atoms with Gasteiger partial charge in [-0.1, -0.05) is 18.2 Å². The Hall–Kier alpha value is -2.64. The second-order valence-electron chi connectivity index (χ2n) is 6.75. The van der Waals surface area contributed by atoms with Crippen LogP contribution in [-0.4, -0.2) is 33.9 Å². The summed E-state index contributed by atoms with van der Waals surface area (Å²) in [6, 6.07) is 5.60. The van der Waals surface area contributed by atoms with Crippen LogP contribution in [0.15, 0.2) is 41.6 Å². The zero-order valence-corrected chi connectivity index (χ0v) is 14.6. The smallest absolute Gasteiger partial charge is 0.338 e. The molecule has 0 radical (unpaired) electrons. The molecule has 3 rings (SSSR count). The van der Waals surface area contributed by atoms with Crippen molar-refractivity contribution < 1.29 is 18.0 Å². The molecule has 0 unspecified atom stereocenters. The maximum Gasteiger partial charge on any atom is 0.416 e. The van der Waals surface area contributed by atoms with Crippen molar-refractivity contribution in [2.45, 2.75) is 31.9 Å². The number of piperidine rings is 1. The summed E-state index contributed by atoms with van der Waals surface area (Å²) in [6.45, 7) is 0.962. The van der Waals surface area contributed by atoms with Crippen molar-refractivity contribution in [2.24, 2.45) is 5.92 Å². The molecule has 1 N–H and O–H groups in total. The SMILES string of the molecule is O=C(c1cnc[nH]c1=O)N1CCC[C@@H](CCc2ccccc2C(F)(F)F)C1. The van der Waals surface area contributed by atoms with E-state index in [1.54, 1.807) is 11.0 Å². The van der Waals surface area contributed by atoms with Crippen molar-refractivity contribution in [3.8, 4) is 0 Å². The lowest BCUT2D eigenvalue weighted by Gasteiger charge is -2.32. The zero-order chi connectivity index (χ0) is 19.4. The predicted molar refractivity (Wildman–Crippen MR) is 93.3 cm³/mol. The summed E-state index contributed by atoms with van der Waals surface area (Å²) in [5.41, 5.74) is -0.829. The highest BCUT2D eigenvalue weighted by atomic mass is 19.4. The molecule has 27 heavy (non-hydrogen) atoms. The van der Waals surface area contributed by atoms with Gasteiger partial charge in [0.15, 0.2) is 0 Å². The summed E-state index contributed by atoms with van der Waals surface area (Å²) in [7, 11) is 0. The van der Waals surface area contributed by atoms with Gasteiger partial charge < -0.3 is 9.88 Å². The number of nitrogens with zero attached hydrogens (tertiary/aromatic N) is 2. The Labute approximate surface area is 154 Å². The van der Waals surface area contributed by atoms with Crippen molar-refractivity contribution in [1.29, 1.82) is 0 Å². The number of carbonyl (C=O) groups excluding carboxylic acids is 1. The first-order valence-corrected chi connectivity index (χ1v) is 8.83. The number of rotatable bonds is 4. The van der Waals surface area contributed by atoms with Gasteiger partial charge in [-0.15, -0.1) is 0 Å². The fourth-order valence-corrected chi connectivity index (χ4v) is 3.53. The summed E-state index contributed by atoms with van der Waals surface area (Å²) in [5, 5.41) is 0. The van der Waals surface area contributed by atoms with Crippen LogP contribution in [0.2, 0.25) is 0 Å². The summed E-state index contributed by atoms with van der Waals surface area (Å²) >= 11 is 0. The number of hydrogen-bond donors (Lipinski definition) is 1. The van der Waals surface area contributed by atoms with Gasteiger partial charge in [-0.05, 0) is 43.2 Å². The molecule has 1 atom stereocenters. The largest absolute Gasteiger partial charge is 0.416 e. The Morgan fingerprint density at radius 1 is 1.30 bits per heavy atom. The molecule has 0 spiro atoms. The highest BCUT2D eigenvalue weighted by molar-refractivity contribution is 5.93. The highest BCUT2D eigenvalue weighted by Gasteiger charge is 2.33. The minimum atomic E-state index is -4.37. The summed E-state index contributed by atoms with van der Waals surface area (Å²) in [6.07, 6.45) is 0.556. The number of halogens is 3. The van der Waals surface area contributed by atoms with Crippen LogP contribution in [0.1, 0.15) is 40.7 Å². The molecule has 2 aromatic rings. The van der Waals surface area contributed by atoms with E-state index in [9.17, 15) is 22.8 Å². The van der Waals surface area contributed by atoms with Gasteiger partial charge in [0.2, 0.25) is 0 Å². The quantitative estimate of drug-likeness (QED) is 0.887. The van der Waals surface area contributed by atoms with Crippen LogP contribution >= 0.6 is 0 Å². The molecule has 1 aromatic heterocycles. The van der Waals surface area contributed by atoms with E-state index >= 15 is 0 Å². The Balaban J connectivity index is 1.65. The van der Waals surface area contributed by atoms with Crippen LogP contribution in [0.3, 0.4) is 0 Å². The van der Waals surface area contributed by atoms with E-state index < -0.39 is 17.3 Å². The third kappa shape index (κ3) is 4.56. The van der Waals surface area contributed by atoms with E-state index in [4.69, 9.17) is 0 Å². The predicted octanol–water partition coefficient (Wildman–Crippen LogP) is 3.27. The van der Waals surface area contributed by atoms with E-state index in [0.717, 1.165) is 18.9 Å². The molecule has 1 aliphatic heterocycles. The number of benzene rings is 1. The third-order valence-corrected chi connectivity index (χ3v) is 4.90. The van der Waals surface area contributed by atoms with Gasteiger partial charge in [0.05, 0.1) is 11.9 Å². The molecule has 5 nitrogen and oxygen atoms in total. The number of aromatic nitrogens is 2. The lowest BCUT2D eigenvalue weighted by Crippen LogP contribution is -2.42. The number of likely N-dealkylation sites (tertiary alicyclic amines) is 1. The van der Waals surface area contributed by atoms with Crippen molar-refractivity contribution in [3.63, 3.8) is 0 Å². The topological polar surface area (TPSA) is 66.1 Å². The second kappa shape index (κ2) is 7.94. The lowest BCUT2D eigenvalue weighted by atomic mass is 9.90. The molecule has 144 valence electrons. The van der Waals surface area contributed by atoms with Crippen molar-refractivity contribution in [2.75, 3.05) is 13.1 Å². The Morgan fingerprint density at radius 3 is 2.81 bits per heavy atom. The fraction of sp³-hybridized carbons (Fsp3) is 0.421. The van der Waals surface area contributed by atoms with E-state index in [1.807, 2.05) is 0 Å². The first kappa shape index (κ1) is 19.1. The van der Waals surface area contributed by atoms with Crippen LogP contribution in [0, 0.1) is 5.92 Å². The van der Waals surface area contributed by atoms with E-state index in [2.05, 4.69) is 9.97 Å². The molecule has 0 bridgehead atoms. The van der Waals surface area contributed by atoms with Crippen LogP contribution in [0.4, 0.5) is 13.2 Å². The summed E-state index contributed by atoms with van der Waals surface area (Å²) in [5.74, 6) is -0.288. The van der Waals surface area contributed by atoms with Crippen molar-refractivity contribution in [1.82, 2.24) is 14.9 Å². The molecule has 1 amide bonds. The Morgan fingerprint density at radius 2 is 2.07 bits per heavy atom. The average molecular weight is 379 g/mol. The standard InChI is InChI=1S/C19H20F3N3O2/c20-19(21,22)16-6-2-1-5-14(16)8-7-13-4-3-9-25(11-13)18(27)15-10-23-12-24-17(15)26/h1-2,5-6,10,12-13H,3-4,7-9,11H2,(H,23,24,26)/t13-/m0/s1. The molecule has 1 saturated heterocycles. The van der Waals surface area contributed by atoms with Gasteiger partial charge in [0.25, 0.3) is 11.5 Å². The van der Waals surface area contributed by atoms with Gasteiger partial charge >= 0.3 is 6.18 Å². The second-order valence-corrected chi connectivity index (χ2v) is 6.75. The number of amides is 1. The van der Waals surface area contributed by atoms with Crippen molar-refractivity contribution >= 4 is 5.91 Å². The van der Waals surface area contributed by atoms with E-state index in [0.29, 0.717) is 25.9 Å². The van der Waals surface area contributed by atoms with Gasteiger partial charge in [0.1, 0.15) is 5.56 Å². The minimum Gasteiger partial charge on any atom is -0.338 e. The monoisotopic (exact) mass is 379 g/mol. The normalized spacial score (nSPS) is 17.7. The van der Waals surface area contributed by atoms with Crippen LogP contribution in [-0.2, 0) is 12.6 Å². The van der Waals surface area contributed by atoms with Crippen LogP contribution < -0.4 is 5.56 Å². The van der Waals surface area contributed by atoms with Gasteiger partial charge in [-0.25, -0.2) is 4.98 Å². The third-order valence-electron chi connectivity index (χ3n) is 4.90. The van der Waals surface area contributed by atoms with E-state index in [1.165, 1.54) is 24.7 Å². The molecule has 1 aromatic carbocycles. The summed E-state index contributed by atoms with van der Waals surface area (Å²) in [4.78, 5) is 32.1. The highest BCUT2D eigenvalue weighted by Crippen LogP contribution is 2.33. The zero-order valence-electron chi connectivity index (χ0n) is 14.6. The maximum absolute atomic E-state index is 13.1. The lowest BCUT2D eigenvalue weighted by molar-refractivity contribution is -0.138. The van der Waals surface area contributed by atoms with Crippen molar-refractivity contribution in [3.05, 3.63) is 63.8 Å². The van der Waals surface area contributed by atoms with Crippen LogP contribution in [0.5, 0.6) is 0 Å². The minimum absolute atomic E-state index is 0.0134. The molecule has 0 aliphatic carbocycles. The molecular weight excluding hydrogens is 359 g/mol. The number of alkyl halides is 3. The van der Waals surface area contributed by atoms with Crippen LogP contribution in [0.25, 0.3) is 0 Å². The molecule has 2 heterocycles. The molecule has 1 fully saturated rings. The Bertz CT molecular complexity index is 864. The van der Waals surface area contributed by atoms with Gasteiger partial charge in [-0.3, -0.25) is 9.59 Å². The first-order chi connectivity index (χ1) is 12.9. The summed E-state index contributed by atoms with van der Waals surface area (Å²) < 4.78 is 39.3. The number of carbonyl (C=O) groups is 1. The number of hydrogen-bond acceptors (Lipinski definition) is 3. The molecular formula is C19H20F3N3O2. The number of nitrogens with one attached hydrogen (secondary N) is 1. The molecule has 1 aliphatic rings. The molecule has 8 heteroatoms. The number of aromatic amines is 1. The first-order valence-electron chi connectivity index (χ1n) is 8.83. The maximum atomic E-state index is 13.1. The van der Waals surface area contributed by atoms with Gasteiger partial charge in [0, 0.05) is 19.3 Å². The average Bonchev–Trinajstić information content (AvgIpc) is 2.66. The Kier molecular flexibility index (Phi) is 5.62. The number of H-pyrrole nitrogens is 1. The number of aryl methyl sites for hydroxylation is 1. The fourth-order valence-electron chi connectivity index (χ4n) is 3.53. The van der Waals surface area contributed by atoms with E-state index in [-0.39, 0.29) is 23.0 Å². The molecule has 0 saturated carbocycles.